The smallest absolute Gasteiger partial charge is 0.254 e. The standard InChI is InChI=1S/C13H18O3/c1-5-6-11-7-8-12(14)13(9-11,15-4)16-10(2)3/h5,7-10H,1,6H2,2-4H3. The van der Waals surface area contributed by atoms with Gasteiger partial charge in [-0.15, -0.1) is 6.58 Å². The number of ketones is 1. The van der Waals surface area contributed by atoms with E-state index in [4.69, 9.17) is 9.47 Å². The number of hydrogen-bond donors (Lipinski definition) is 0. The first-order valence-corrected chi connectivity index (χ1v) is 5.32. The van der Waals surface area contributed by atoms with Crippen molar-refractivity contribution in [2.75, 3.05) is 7.11 Å². The Balaban J connectivity index is 3.01. The Morgan fingerprint density at radius 2 is 2.19 bits per heavy atom. The molecule has 0 aromatic rings. The average Bonchev–Trinajstić information content (AvgIpc) is 2.22. The lowest BCUT2D eigenvalue weighted by molar-refractivity contribution is -0.204. The van der Waals surface area contributed by atoms with Gasteiger partial charge in [-0.1, -0.05) is 12.2 Å². The summed E-state index contributed by atoms with van der Waals surface area (Å²) in [4.78, 5) is 11.8. The molecule has 0 saturated carbocycles. The number of rotatable bonds is 5. The van der Waals surface area contributed by atoms with Crippen LogP contribution in [0.5, 0.6) is 0 Å². The molecule has 0 fully saturated rings. The second-order valence-corrected chi connectivity index (χ2v) is 3.95. The van der Waals surface area contributed by atoms with Crippen molar-refractivity contribution in [3.63, 3.8) is 0 Å². The SMILES string of the molecule is C=CCC1=CC(OC)(OC(C)C)C(=O)C=C1. The van der Waals surface area contributed by atoms with E-state index in [1.807, 2.05) is 13.8 Å². The minimum Gasteiger partial charge on any atom is -0.344 e. The van der Waals surface area contributed by atoms with E-state index in [2.05, 4.69) is 6.58 Å². The number of carbonyl (C=O) groups excluding carboxylic acids is 1. The lowest BCUT2D eigenvalue weighted by atomic mass is 9.98. The summed E-state index contributed by atoms with van der Waals surface area (Å²) in [5.41, 5.74) is 0.970. The van der Waals surface area contributed by atoms with Crippen LogP contribution in [-0.4, -0.2) is 24.8 Å². The number of carbonyl (C=O) groups is 1. The van der Waals surface area contributed by atoms with Crippen molar-refractivity contribution in [2.45, 2.75) is 32.2 Å². The van der Waals surface area contributed by atoms with E-state index < -0.39 is 5.79 Å². The van der Waals surface area contributed by atoms with Crippen LogP contribution in [0.2, 0.25) is 0 Å². The molecule has 1 aliphatic carbocycles. The molecule has 1 aliphatic rings. The van der Waals surface area contributed by atoms with E-state index in [0.29, 0.717) is 6.42 Å². The zero-order chi connectivity index (χ0) is 12.2. The van der Waals surface area contributed by atoms with E-state index in [9.17, 15) is 4.79 Å². The Labute approximate surface area is 96.4 Å². The Bertz CT molecular complexity index is 339. The average molecular weight is 222 g/mol. The molecule has 0 saturated heterocycles. The maximum Gasteiger partial charge on any atom is 0.254 e. The summed E-state index contributed by atoms with van der Waals surface area (Å²) in [6.07, 6.45) is 7.36. The summed E-state index contributed by atoms with van der Waals surface area (Å²) in [5.74, 6) is -1.45. The van der Waals surface area contributed by atoms with E-state index in [1.165, 1.54) is 13.2 Å². The molecule has 0 aliphatic heterocycles. The zero-order valence-electron chi connectivity index (χ0n) is 10.0. The molecule has 1 rings (SSSR count). The molecule has 1 atom stereocenters. The highest BCUT2D eigenvalue weighted by molar-refractivity contribution is 5.99. The lowest BCUT2D eigenvalue weighted by Crippen LogP contribution is -2.44. The first-order valence-electron chi connectivity index (χ1n) is 5.32. The van der Waals surface area contributed by atoms with E-state index >= 15 is 0 Å². The van der Waals surface area contributed by atoms with Crippen LogP contribution in [0.15, 0.2) is 36.5 Å². The molecule has 0 spiro atoms. The van der Waals surface area contributed by atoms with Gasteiger partial charge in [0, 0.05) is 7.11 Å². The zero-order valence-corrected chi connectivity index (χ0v) is 10.0. The molecule has 1 unspecified atom stereocenters. The molecular weight excluding hydrogens is 204 g/mol. The van der Waals surface area contributed by atoms with Gasteiger partial charge in [-0.2, -0.15) is 0 Å². The predicted molar refractivity (Wildman–Crippen MR) is 63.0 cm³/mol. The molecule has 0 bridgehead atoms. The third-order valence-corrected chi connectivity index (χ3v) is 2.26. The van der Waals surface area contributed by atoms with Gasteiger partial charge in [-0.3, -0.25) is 4.79 Å². The van der Waals surface area contributed by atoms with Gasteiger partial charge in [-0.05, 0) is 38.0 Å². The van der Waals surface area contributed by atoms with E-state index in [-0.39, 0.29) is 11.9 Å². The molecule has 88 valence electrons. The minimum atomic E-state index is -1.26. The van der Waals surface area contributed by atoms with Gasteiger partial charge in [-0.25, -0.2) is 0 Å². The molecule has 0 heterocycles. The molecular formula is C13H18O3. The molecule has 0 aromatic carbocycles. The van der Waals surface area contributed by atoms with Crippen LogP contribution in [-0.2, 0) is 14.3 Å². The summed E-state index contributed by atoms with van der Waals surface area (Å²) in [7, 11) is 1.47. The fourth-order valence-electron chi connectivity index (χ4n) is 1.61. The highest BCUT2D eigenvalue weighted by Gasteiger charge is 2.38. The summed E-state index contributed by atoms with van der Waals surface area (Å²) < 4.78 is 10.8. The van der Waals surface area contributed by atoms with Gasteiger partial charge in [0.25, 0.3) is 5.79 Å². The van der Waals surface area contributed by atoms with Crippen LogP contribution in [0.3, 0.4) is 0 Å². The Hall–Kier alpha value is -1.19. The van der Waals surface area contributed by atoms with Gasteiger partial charge >= 0.3 is 0 Å². The quantitative estimate of drug-likeness (QED) is 0.529. The van der Waals surface area contributed by atoms with Crippen LogP contribution in [0, 0.1) is 0 Å². The van der Waals surface area contributed by atoms with Gasteiger partial charge in [0.15, 0.2) is 0 Å². The molecule has 16 heavy (non-hydrogen) atoms. The van der Waals surface area contributed by atoms with Gasteiger partial charge in [0.05, 0.1) is 6.10 Å². The topological polar surface area (TPSA) is 35.5 Å². The molecule has 0 radical (unpaired) electrons. The second kappa shape index (κ2) is 5.23. The minimum absolute atomic E-state index is 0.0865. The highest BCUT2D eigenvalue weighted by Crippen LogP contribution is 2.26. The van der Waals surface area contributed by atoms with E-state index in [0.717, 1.165) is 5.57 Å². The highest BCUT2D eigenvalue weighted by atomic mass is 16.7. The molecule has 3 nitrogen and oxygen atoms in total. The molecule has 3 heteroatoms. The van der Waals surface area contributed by atoms with Crippen LogP contribution >= 0.6 is 0 Å². The number of ether oxygens (including phenoxy) is 2. The van der Waals surface area contributed by atoms with Crippen molar-refractivity contribution in [1.82, 2.24) is 0 Å². The monoisotopic (exact) mass is 222 g/mol. The van der Waals surface area contributed by atoms with Crippen molar-refractivity contribution < 1.29 is 14.3 Å². The van der Waals surface area contributed by atoms with Crippen LogP contribution in [0.4, 0.5) is 0 Å². The number of methoxy groups -OCH3 is 1. The fourth-order valence-corrected chi connectivity index (χ4v) is 1.61. The van der Waals surface area contributed by atoms with Crippen LogP contribution in [0.25, 0.3) is 0 Å². The first kappa shape index (κ1) is 12.9. The van der Waals surface area contributed by atoms with Gasteiger partial charge in [0.2, 0.25) is 5.78 Å². The van der Waals surface area contributed by atoms with Crippen molar-refractivity contribution in [1.29, 1.82) is 0 Å². The van der Waals surface area contributed by atoms with E-state index in [1.54, 1.807) is 18.2 Å². The maximum absolute atomic E-state index is 11.8. The number of hydrogen-bond acceptors (Lipinski definition) is 3. The number of allylic oxidation sites excluding steroid dienone is 3. The molecule has 0 aromatic heterocycles. The van der Waals surface area contributed by atoms with Crippen molar-refractivity contribution in [3.8, 4) is 0 Å². The van der Waals surface area contributed by atoms with Crippen molar-refractivity contribution in [3.05, 3.63) is 36.5 Å². The third-order valence-electron chi connectivity index (χ3n) is 2.26. The molecule has 0 N–H and O–H groups in total. The predicted octanol–water partition coefficient (Wildman–Crippen LogP) is 2.40. The summed E-state index contributed by atoms with van der Waals surface area (Å²) in [6, 6.07) is 0. The summed E-state index contributed by atoms with van der Waals surface area (Å²) in [5, 5.41) is 0. The van der Waals surface area contributed by atoms with Gasteiger partial charge in [0.1, 0.15) is 0 Å². The van der Waals surface area contributed by atoms with Crippen LogP contribution in [0.1, 0.15) is 20.3 Å². The largest absolute Gasteiger partial charge is 0.344 e. The summed E-state index contributed by atoms with van der Waals surface area (Å²) in [6.45, 7) is 7.40. The Morgan fingerprint density at radius 3 is 2.69 bits per heavy atom. The first-order chi connectivity index (χ1) is 7.54. The van der Waals surface area contributed by atoms with Crippen molar-refractivity contribution in [2.24, 2.45) is 0 Å². The fraction of sp³-hybridized carbons (Fsp3) is 0.462. The summed E-state index contributed by atoms with van der Waals surface area (Å²) >= 11 is 0. The Kier molecular flexibility index (Phi) is 4.21. The maximum atomic E-state index is 11.8. The van der Waals surface area contributed by atoms with Gasteiger partial charge < -0.3 is 9.47 Å². The van der Waals surface area contributed by atoms with Crippen molar-refractivity contribution >= 4 is 5.78 Å². The molecule has 0 amide bonds. The second-order valence-electron chi connectivity index (χ2n) is 3.95. The normalized spacial score (nSPS) is 24.8. The third kappa shape index (κ3) is 2.68. The lowest BCUT2D eigenvalue weighted by Gasteiger charge is -2.31. The Morgan fingerprint density at radius 1 is 1.50 bits per heavy atom. The van der Waals surface area contributed by atoms with Crippen LogP contribution < -0.4 is 0 Å².